The number of hydrogen-bond donors (Lipinski definition) is 0. The highest BCUT2D eigenvalue weighted by Crippen LogP contribution is 2.18. The molecular formula is C74H130O6. The second kappa shape index (κ2) is 68.1. The summed E-state index contributed by atoms with van der Waals surface area (Å²) >= 11 is 0. The zero-order valence-corrected chi connectivity index (χ0v) is 53.1. The van der Waals surface area contributed by atoms with Crippen LogP contribution in [-0.4, -0.2) is 37.2 Å². The molecule has 0 aliphatic rings. The number of carbonyl (C=O) groups is 3. The van der Waals surface area contributed by atoms with E-state index in [1.54, 1.807) is 0 Å². The monoisotopic (exact) mass is 1110 g/mol. The van der Waals surface area contributed by atoms with E-state index in [1.165, 1.54) is 225 Å². The van der Waals surface area contributed by atoms with Crippen molar-refractivity contribution >= 4 is 17.9 Å². The zero-order chi connectivity index (χ0) is 57.8. The molecule has 0 radical (unpaired) electrons. The lowest BCUT2D eigenvalue weighted by Gasteiger charge is -2.18. The molecule has 0 heterocycles. The molecule has 6 heteroatoms. The Morgan fingerprint density at radius 2 is 0.512 bits per heavy atom. The highest BCUT2D eigenvalue weighted by molar-refractivity contribution is 5.71. The van der Waals surface area contributed by atoms with Crippen molar-refractivity contribution in [3.8, 4) is 0 Å². The van der Waals surface area contributed by atoms with Gasteiger partial charge in [-0.3, -0.25) is 14.4 Å². The Balaban J connectivity index is 4.43. The fourth-order valence-electron chi connectivity index (χ4n) is 10.00. The summed E-state index contributed by atoms with van der Waals surface area (Å²) in [6, 6.07) is 0. The number of ether oxygens (including phenoxy) is 3. The number of hydrogen-bond acceptors (Lipinski definition) is 6. The molecule has 0 aromatic carbocycles. The predicted octanol–water partition coefficient (Wildman–Crippen LogP) is 23.8. The van der Waals surface area contributed by atoms with Gasteiger partial charge in [0.2, 0.25) is 0 Å². The molecule has 80 heavy (non-hydrogen) atoms. The van der Waals surface area contributed by atoms with E-state index in [0.717, 1.165) is 77.0 Å². The lowest BCUT2D eigenvalue weighted by atomic mass is 10.0. The SMILES string of the molecule is CC/C=C\C/C=C\C/C=C\C/C=C\C/C=C\C/C=C\CCC(=O)OCC(COC(=O)CCCCCCCCCCCCCCCCCCCCCCCC)OC(=O)CCCCCCCCCCC/C=C\CCCCCCCCCC. The molecule has 462 valence electrons. The van der Waals surface area contributed by atoms with Crippen LogP contribution in [0.15, 0.2) is 85.1 Å². The summed E-state index contributed by atoms with van der Waals surface area (Å²) in [6.07, 6.45) is 90.5. The Morgan fingerprint density at radius 1 is 0.263 bits per heavy atom. The molecule has 1 unspecified atom stereocenters. The first-order valence-electron chi connectivity index (χ1n) is 34.6. The Labute approximate surface area is 496 Å². The number of esters is 3. The lowest BCUT2D eigenvalue weighted by Crippen LogP contribution is -2.30. The quantitative estimate of drug-likeness (QED) is 0.0261. The molecule has 0 fully saturated rings. The van der Waals surface area contributed by atoms with Crippen molar-refractivity contribution in [1.82, 2.24) is 0 Å². The van der Waals surface area contributed by atoms with Crippen LogP contribution in [0.3, 0.4) is 0 Å². The van der Waals surface area contributed by atoms with E-state index in [2.05, 4.69) is 99.8 Å². The van der Waals surface area contributed by atoms with E-state index in [1.807, 2.05) is 6.08 Å². The van der Waals surface area contributed by atoms with Gasteiger partial charge in [-0.1, -0.05) is 331 Å². The predicted molar refractivity (Wildman–Crippen MR) is 348 cm³/mol. The Kier molecular flexibility index (Phi) is 65.2. The molecule has 0 aliphatic heterocycles. The molecule has 0 aromatic heterocycles. The van der Waals surface area contributed by atoms with Crippen LogP contribution in [0.2, 0.25) is 0 Å². The van der Waals surface area contributed by atoms with Crippen LogP contribution in [0.4, 0.5) is 0 Å². The van der Waals surface area contributed by atoms with E-state index in [4.69, 9.17) is 14.2 Å². The van der Waals surface area contributed by atoms with Crippen LogP contribution in [-0.2, 0) is 28.6 Å². The smallest absolute Gasteiger partial charge is 0.306 e. The molecule has 0 rings (SSSR count). The van der Waals surface area contributed by atoms with Gasteiger partial charge in [-0.25, -0.2) is 0 Å². The second-order valence-corrected chi connectivity index (χ2v) is 23.1. The number of rotatable bonds is 63. The third-order valence-corrected chi connectivity index (χ3v) is 15.1. The van der Waals surface area contributed by atoms with Crippen molar-refractivity contribution in [3.05, 3.63) is 85.1 Å². The average Bonchev–Trinajstić information content (AvgIpc) is 3.46. The first-order chi connectivity index (χ1) is 39.5. The first-order valence-corrected chi connectivity index (χ1v) is 34.6. The Morgan fingerprint density at radius 3 is 0.838 bits per heavy atom. The highest BCUT2D eigenvalue weighted by Gasteiger charge is 2.19. The van der Waals surface area contributed by atoms with Gasteiger partial charge in [0, 0.05) is 19.3 Å². The highest BCUT2D eigenvalue weighted by atomic mass is 16.6. The van der Waals surface area contributed by atoms with Gasteiger partial charge in [0.25, 0.3) is 0 Å². The minimum atomic E-state index is -0.809. The van der Waals surface area contributed by atoms with E-state index in [0.29, 0.717) is 19.3 Å². The van der Waals surface area contributed by atoms with Gasteiger partial charge in [-0.2, -0.15) is 0 Å². The molecule has 6 nitrogen and oxygen atoms in total. The molecule has 0 amide bonds. The van der Waals surface area contributed by atoms with Crippen molar-refractivity contribution in [1.29, 1.82) is 0 Å². The maximum atomic E-state index is 13.0. The standard InChI is InChI=1S/C74H130O6/c1-4-7-10-13-16-19-22-25-28-31-34-36-38-40-43-46-49-52-55-58-61-64-67-73(76)79-70-71(69-78-72(75)66-63-60-57-54-51-48-45-42-39-33-30-27-24-21-18-15-12-9-6-3)80-74(77)68-65-62-59-56-53-50-47-44-41-37-35-32-29-26-23-20-17-14-11-8-5-2/h9,12,18,21,27,30,32,35,39,42,48,51,57,60,71H,4-8,10-11,13-17,19-20,22-26,28-29,31,33-34,36-38,40-41,43-47,49-50,52-56,58-59,61-70H2,1-3H3/b12-9-,21-18-,30-27-,35-32-,42-39-,51-48-,60-57-. The van der Waals surface area contributed by atoms with Crippen LogP contribution in [0.1, 0.15) is 348 Å². The topological polar surface area (TPSA) is 78.9 Å². The van der Waals surface area contributed by atoms with Crippen molar-refractivity contribution in [2.24, 2.45) is 0 Å². The summed E-state index contributed by atoms with van der Waals surface area (Å²) in [5.41, 5.74) is 0. The Bertz CT molecular complexity index is 1520. The summed E-state index contributed by atoms with van der Waals surface area (Å²) in [6.45, 7) is 6.52. The molecular weight excluding hydrogens is 985 g/mol. The van der Waals surface area contributed by atoms with E-state index < -0.39 is 6.10 Å². The van der Waals surface area contributed by atoms with Crippen molar-refractivity contribution in [2.45, 2.75) is 354 Å². The summed E-state index contributed by atoms with van der Waals surface area (Å²) in [7, 11) is 0. The van der Waals surface area contributed by atoms with Gasteiger partial charge in [-0.05, 0) is 83.5 Å². The molecule has 0 saturated heterocycles. The maximum Gasteiger partial charge on any atom is 0.306 e. The van der Waals surface area contributed by atoms with Crippen LogP contribution < -0.4 is 0 Å². The summed E-state index contributed by atoms with van der Waals surface area (Å²) < 4.78 is 16.9. The minimum absolute atomic E-state index is 0.0973. The molecule has 1 atom stereocenters. The third-order valence-electron chi connectivity index (χ3n) is 15.1. The molecule has 0 aliphatic carbocycles. The minimum Gasteiger partial charge on any atom is -0.462 e. The summed E-state index contributed by atoms with van der Waals surface area (Å²) in [5.74, 6) is -0.969. The fourth-order valence-corrected chi connectivity index (χ4v) is 10.00. The van der Waals surface area contributed by atoms with Gasteiger partial charge in [0.15, 0.2) is 6.10 Å². The van der Waals surface area contributed by atoms with Gasteiger partial charge < -0.3 is 14.2 Å². The zero-order valence-electron chi connectivity index (χ0n) is 53.1. The molecule has 0 saturated carbocycles. The van der Waals surface area contributed by atoms with Crippen LogP contribution in [0.25, 0.3) is 0 Å². The maximum absolute atomic E-state index is 13.0. The molecule has 0 aromatic rings. The summed E-state index contributed by atoms with van der Waals surface area (Å²) in [4.78, 5) is 38.4. The normalized spacial score (nSPS) is 12.6. The third kappa shape index (κ3) is 65.4. The number of allylic oxidation sites excluding steroid dienone is 14. The molecule has 0 N–H and O–H groups in total. The number of carbonyl (C=O) groups excluding carboxylic acids is 3. The van der Waals surface area contributed by atoms with Crippen molar-refractivity contribution in [3.63, 3.8) is 0 Å². The molecule has 0 bridgehead atoms. The van der Waals surface area contributed by atoms with Crippen LogP contribution in [0.5, 0.6) is 0 Å². The lowest BCUT2D eigenvalue weighted by molar-refractivity contribution is -0.166. The summed E-state index contributed by atoms with van der Waals surface area (Å²) in [5, 5.41) is 0. The van der Waals surface area contributed by atoms with Crippen molar-refractivity contribution < 1.29 is 28.6 Å². The van der Waals surface area contributed by atoms with E-state index >= 15 is 0 Å². The largest absolute Gasteiger partial charge is 0.462 e. The average molecular weight is 1120 g/mol. The van der Waals surface area contributed by atoms with Gasteiger partial charge in [0.1, 0.15) is 13.2 Å². The second-order valence-electron chi connectivity index (χ2n) is 23.1. The number of unbranched alkanes of at least 4 members (excludes halogenated alkanes) is 38. The van der Waals surface area contributed by atoms with Crippen molar-refractivity contribution in [2.75, 3.05) is 13.2 Å². The van der Waals surface area contributed by atoms with E-state index in [9.17, 15) is 14.4 Å². The first kappa shape index (κ1) is 76.6. The Hall–Kier alpha value is -3.41. The molecule has 0 spiro atoms. The van der Waals surface area contributed by atoms with Gasteiger partial charge in [-0.15, -0.1) is 0 Å². The van der Waals surface area contributed by atoms with Crippen LogP contribution in [0, 0.1) is 0 Å². The fraction of sp³-hybridized carbons (Fsp3) is 0.770. The van der Waals surface area contributed by atoms with Crippen LogP contribution >= 0.6 is 0 Å². The van der Waals surface area contributed by atoms with Gasteiger partial charge >= 0.3 is 17.9 Å². The van der Waals surface area contributed by atoms with Gasteiger partial charge in [0.05, 0.1) is 0 Å². The van der Waals surface area contributed by atoms with E-state index in [-0.39, 0.29) is 37.5 Å².